The number of amides is 1. The van der Waals surface area contributed by atoms with Gasteiger partial charge in [-0.15, -0.1) is 0 Å². The van der Waals surface area contributed by atoms with Gasteiger partial charge in [0.05, 0.1) is 12.4 Å². The molecule has 5 nitrogen and oxygen atoms in total. The lowest BCUT2D eigenvalue weighted by Crippen LogP contribution is -2.50. The van der Waals surface area contributed by atoms with E-state index >= 15 is 0 Å². The van der Waals surface area contributed by atoms with Crippen LogP contribution in [-0.2, 0) is 4.79 Å². The number of β-amino-alcohol motifs (C(OH)–C–C–N with tert-alkyl or cyclic N) is 1. The van der Waals surface area contributed by atoms with Gasteiger partial charge in [-0.05, 0) is 24.1 Å². The minimum absolute atomic E-state index is 0.0904. The van der Waals surface area contributed by atoms with E-state index in [9.17, 15) is 9.90 Å². The van der Waals surface area contributed by atoms with E-state index < -0.39 is 6.10 Å². The summed E-state index contributed by atoms with van der Waals surface area (Å²) in [6, 6.07) is 13.6. The largest absolute Gasteiger partial charge is 0.469 e. The van der Waals surface area contributed by atoms with Crippen molar-refractivity contribution < 1.29 is 14.3 Å². The Kier molecular flexibility index (Phi) is 4.59. The van der Waals surface area contributed by atoms with Crippen LogP contribution in [-0.4, -0.2) is 53.5 Å². The molecule has 1 N–H and O–H groups in total. The number of hydrogen-bond acceptors (Lipinski definition) is 4. The van der Waals surface area contributed by atoms with Gasteiger partial charge < -0.3 is 14.4 Å². The van der Waals surface area contributed by atoms with Gasteiger partial charge >= 0.3 is 0 Å². The Bertz CT molecular complexity index is 693. The molecule has 1 aliphatic heterocycles. The molecule has 4 rings (SSSR count). The lowest BCUT2D eigenvalue weighted by atomic mass is 10.1. The molecule has 5 heteroatoms. The van der Waals surface area contributed by atoms with Crippen molar-refractivity contribution in [2.24, 2.45) is 5.92 Å². The lowest BCUT2D eigenvalue weighted by molar-refractivity contribution is -0.134. The third kappa shape index (κ3) is 3.62. The second-order valence-corrected chi connectivity index (χ2v) is 7.02. The topological polar surface area (TPSA) is 56.9 Å². The summed E-state index contributed by atoms with van der Waals surface area (Å²) in [7, 11) is 0. The van der Waals surface area contributed by atoms with Crippen molar-refractivity contribution in [2.75, 3.05) is 32.7 Å². The zero-order valence-electron chi connectivity index (χ0n) is 14.3. The van der Waals surface area contributed by atoms with Gasteiger partial charge in [0.25, 0.3) is 0 Å². The molecule has 3 unspecified atom stereocenters. The number of aliphatic hydroxyl groups is 1. The number of nitrogens with zero attached hydrogens (tertiary/aromatic N) is 2. The fourth-order valence-corrected chi connectivity index (χ4v) is 3.70. The van der Waals surface area contributed by atoms with Crippen molar-refractivity contribution >= 4 is 5.91 Å². The molecule has 0 bridgehead atoms. The lowest BCUT2D eigenvalue weighted by Gasteiger charge is -2.35. The van der Waals surface area contributed by atoms with Gasteiger partial charge in [0.15, 0.2) is 0 Å². The van der Waals surface area contributed by atoms with E-state index in [2.05, 4.69) is 4.90 Å². The third-order valence-electron chi connectivity index (χ3n) is 5.32. The summed E-state index contributed by atoms with van der Waals surface area (Å²) >= 11 is 0. The third-order valence-corrected chi connectivity index (χ3v) is 5.32. The number of benzene rings is 1. The fourth-order valence-electron chi connectivity index (χ4n) is 3.70. The molecule has 2 heterocycles. The van der Waals surface area contributed by atoms with Crippen LogP contribution in [0.5, 0.6) is 0 Å². The Balaban J connectivity index is 1.25. The molecule has 2 fully saturated rings. The summed E-state index contributed by atoms with van der Waals surface area (Å²) in [6.45, 7) is 3.72. The standard InChI is InChI=1S/C20H24N2O3/c23-18(15-5-2-1-3-6-15)14-21-8-10-22(11-9-21)20(24)17-13-16(17)19-7-4-12-25-19/h1-7,12,16-18,23H,8-11,13-14H2. The van der Waals surface area contributed by atoms with E-state index in [4.69, 9.17) is 4.42 Å². The van der Waals surface area contributed by atoms with E-state index in [1.165, 1.54) is 0 Å². The van der Waals surface area contributed by atoms with Crippen LogP contribution in [0, 0.1) is 5.92 Å². The van der Waals surface area contributed by atoms with Crippen LogP contribution in [0.25, 0.3) is 0 Å². The van der Waals surface area contributed by atoms with E-state index in [1.54, 1.807) is 6.26 Å². The molecule has 1 aliphatic carbocycles. The average molecular weight is 340 g/mol. The van der Waals surface area contributed by atoms with Gasteiger partial charge in [-0.2, -0.15) is 0 Å². The highest BCUT2D eigenvalue weighted by Crippen LogP contribution is 2.48. The maximum Gasteiger partial charge on any atom is 0.226 e. The Labute approximate surface area is 147 Å². The van der Waals surface area contributed by atoms with Crippen LogP contribution in [0.4, 0.5) is 0 Å². The highest BCUT2D eigenvalue weighted by molar-refractivity contribution is 5.83. The minimum atomic E-state index is -0.477. The molecule has 1 saturated heterocycles. The van der Waals surface area contributed by atoms with Gasteiger partial charge in [-0.3, -0.25) is 9.69 Å². The first kappa shape index (κ1) is 16.4. The predicted molar refractivity (Wildman–Crippen MR) is 94.0 cm³/mol. The molecule has 1 saturated carbocycles. The number of carbonyl (C=O) groups is 1. The molecule has 25 heavy (non-hydrogen) atoms. The Morgan fingerprint density at radius 2 is 1.88 bits per heavy atom. The molecule has 2 aromatic rings. The number of carbonyl (C=O) groups excluding carboxylic acids is 1. The summed E-state index contributed by atoms with van der Waals surface area (Å²) < 4.78 is 5.42. The first-order valence-corrected chi connectivity index (χ1v) is 9.00. The van der Waals surface area contributed by atoms with Gasteiger partial charge in [0.2, 0.25) is 5.91 Å². The number of hydrogen-bond donors (Lipinski definition) is 1. The predicted octanol–water partition coefficient (Wildman–Crippen LogP) is 2.26. The molecule has 3 atom stereocenters. The zero-order valence-corrected chi connectivity index (χ0v) is 14.3. The van der Waals surface area contributed by atoms with Crippen molar-refractivity contribution in [3.05, 3.63) is 60.1 Å². The van der Waals surface area contributed by atoms with E-state index in [0.717, 1.165) is 43.9 Å². The van der Waals surface area contributed by atoms with Crippen molar-refractivity contribution in [2.45, 2.75) is 18.4 Å². The van der Waals surface area contributed by atoms with Crippen LogP contribution < -0.4 is 0 Å². The quantitative estimate of drug-likeness (QED) is 0.907. The van der Waals surface area contributed by atoms with Gasteiger partial charge in [-0.25, -0.2) is 0 Å². The first-order chi connectivity index (χ1) is 12.2. The van der Waals surface area contributed by atoms with E-state index in [-0.39, 0.29) is 17.7 Å². The molecule has 1 amide bonds. The normalized spacial score (nSPS) is 24.9. The van der Waals surface area contributed by atoms with Crippen LogP contribution in [0.2, 0.25) is 0 Å². The van der Waals surface area contributed by atoms with Gasteiger partial charge in [0, 0.05) is 44.6 Å². The van der Waals surface area contributed by atoms with Gasteiger partial charge in [-0.1, -0.05) is 30.3 Å². The molecule has 1 aromatic heterocycles. The Hall–Kier alpha value is -2.11. The van der Waals surface area contributed by atoms with Crippen molar-refractivity contribution in [3.8, 4) is 0 Å². The number of rotatable bonds is 5. The highest BCUT2D eigenvalue weighted by atomic mass is 16.3. The second-order valence-electron chi connectivity index (χ2n) is 7.02. The first-order valence-electron chi connectivity index (χ1n) is 9.00. The maximum atomic E-state index is 12.6. The van der Waals surface area contributed by atoms with Crippen molar-refractivity contribution in [3.63, 3.8) is 0 Å². The summed E-state index contributed by atoms with van der Waals surface area (Å²) in [5, 5.41) is 10.4. The summed E-state index contributed by atoms with van der Waals surface area (Å²) in [6.07, 6.45) is 2.10. The average Bonchev–Trinajstić information content (AvgIpc) is 3.27. The van der Waals surface area contributed by atoms with E-state index in [1.807, 2.05) is 47.4 Å². The molecule has 2 aliphatic rings. The smallest absolute Gasteiger partial charge is 0.226 e. The van der Waals surface area contributed by atoms with Crippen LogP contribution in [0.1, 0.15) is 29.8 Å². The molecule has 0 radical (unpaired) electrons. The summed E-state index contributed by atoms with van der Waals surface area (Å²) in [5.74, 6) is 1.54. The maximum absolute atomic E-state index is 12.6. The Morgan fingerprint density at radius 3 is 2.56 bits per heavy atom. The molecule has 0 spiro atoms. The molecule has 1 aromatic carbocycles. The van der Waals surface area contributed by atoms with Crippen LogP contribution in [0.3, 0.4) is 0 Å². The Morgan fingerprint density at radius 1 is 1.12 bits per heavy atom. The van der Waals surface area contributed by atoms with Crippen molar-refractivity contribution in [1.29, 1.82) is 0 Å². The monoisotopic (exact) mass is 340 g/mol. The van der Waals surface area contributed by atoms with Crippen molar-refractivity contribution in [1.82, 2.24) is 9.80 Å². The van der Waals surface area contributed by atoms with Gasteiger partial charge in [0.1, 0.15) is 5.76 Å². The SMILES string of the molecule is O=C(C1CC1c1ccco1)N1CCN(CC(O)c2ccccc2)CC1. The van der Waals surface area contributed by atoms with Crippen LogP contribution in [0.15, 0.2) is 53.1 Å². The number of aliphatic hydroxyl groups excluding tert-OH is 1. The molecule has 132 valence electrons. The minimum Gasteiger partial charge on any atom is -0.469 e. The van der Waals surface area contributed by atoms with E-state index in [0.29, 0.717) is 6.54 Å². The molecular weight excluding hydrogens is 316 g/mol. The summed E-state index contributed by atoms with van der Waals surface area (Å²) in [4.78, 5) is 16.8. The second kappa shape index (κ2) is 7.02. The zero-order chi connectivity index (χ0) is 17.2. The molecular formula is C20H24N2O3. The van der Waals surface area contributed by atoms with Crippen LogP contribution >= 0.6 is 0 Å². The summed E-state index contributed by atoms with van der Waals surface area (Å²) in [5.41, 5.74) is 0.945. The highest BCUT2D eigenvalue weighted by Gasteiger charge is 2.47. The fraction of sp³-hybridized carbons (Fsp3) is 0.450. The number of piperazine rings is 1. The number of furan rings is 1.